The second kappa shape index (κ2) is 12.0. The molecular weight excluding hydrogens is 581 g/mol. The van der Waals surface area contributed by atoms with E-state index in [0.717, 1.165) is 45.6 Å². The standard InChI is InChI=1S/C26H28BrF3N6O3/c1-34(12-18-3-2-17(10-31-18)25-32-33-26(39-25)24(29)30)22-9-21(28)20(27)8-23(22)36(15-37)11-16-4-6-35(7-5-16)19-13-38-14-19/h2-3,8-10,15-16,19,24H,4-7,11-14H2,1H3. The molecule has 1 amide bonds. The fraction of sp³-hybridized carbons (Fsp3) is 0.462. The summed E-state index contributed by atoms with van der Waals surface area (Å²) in [6, 6.07) is 6.87. The van der Waals surface area contributed by atoms with Crippen LogP contribution in [0.2, 0.25) is 0 Å². The van der Waals surface area contributed by atoms with Gasteiger partial charge >= 0.3 is 6.43 Å². The van der Waals surface area contributed by atoms with Gasteiger partial charge in [0.05, 0.1) is 52.9 Å². The van der Waals surface area contributed by atoms with Gasteiger partial charge in [0, 0.05) is 25.9 Å². The number of likely N-dealkylation sites (tertiary alicyclic amines) is 1. The number of benzene rings is 1. The third kappa shape index (κ3) is 6.25. The predicted octanol–water partition coefficient (Wildman–Crippen LogP) is 4.68. The zero-order valence-electron chi connectivity index (χ0n) is 21.3. The summed E-state index contributed by atoms with van der Waals surface area (Å²) in [7, 11) is 1.79. The maximum Gasteiger partial charge on any atom is 0.314 e. The van der Waals surface area contributed by atoms with Crippen molar-refractivity contribution in [3.8, 4) is 11.5 Å². The van der Waals surface area contributed by atoms with Crippen molar-refractivity contribution in [2.75, 3.05) is 49.7 Å². The summed E-state index contributed by atoms with van der Waals surface area (Å²) in [5.74, 6) is -0.920. The second-order valence-corrected chi connectivity index (χ2v) is 10.7. The monoisotopic (exact) mass is 608 g/mol. The van der Waals surface area contributed by atoms with E-state index < -0.39 is 18.1 Å². The summed E-state index contributed by atoms with van der Waals surface area (Å²) >= 11 is 3.26. The molecule has 2 fully saturated rings. The predicted molar refractivity (Wildman–Crippen MR) is 141 cm³/mol. The Morgan fingerprint density at radius 3 is 2.54 bits per heavy atom. The molecule has 0 saturated carbocycles. The van der Waals surface area contributed by atoms with Crippen LogP contribution in [-0.2, 0) is 16.1 Å². The smallest absolute Gasteiger partial charge is 0.314 e. The Bertz CT molecular complexity index is 1280. The van der Waals surface area contributed by atoms with Crippen LogP contribution in [-0.4, -0.2) is 72.4 Å². The first kappa shape index (κ1) is 27.5. The number of halogens is 4. The highest BCUT2D eigenvalue weighted by Crippen LogP contribution is 2.35. The van der Waals surface area contributed by atoms with E-state index in [9.17, 15) is 18.0 Å². The molecule has 3 aromatic rings. The molecule has 5 rings (SSSR count). The Morgan fingerprint density at radius 2 is 1.95 bits per heavy atom. The largest absolute Gasteiger partial charge is 0.415 e. The highest BCUT2D eigenvalue weighted by Gasteiger charge is 2.31. The second-order valence-electron chi connectivity index (χ2n) is 9.82. The Balaban J connectivity index is 1.29. The molecule has 4 heterocycles. The van der Waals surface area contributed by atoms with E-state index in [-0.39, 0.29) is 10.4 Å². The number of amides is 1. The topological polar surface area (TPSA) is 87.8 Å². The number of pyridine rings is 1. The lowest BCUT2D eigenvalue weighted by atomic mass is 9.94. The maximum absolute atomic E-state index is 14.7. The average molecular weight is 609 g/mol. The van der Waals surface area contributed by atoms with E-state index in [1.807, 2.05) is 4.90 Å². The molecule has 1 aromatic carbocycles. The lowest BCUT2D eigenvalue weighted by Gasteiger charge is -2.42. The van der Waals surface area contributed by atoms with Gasteiger partial charge in [0.15, 0.2) is 0 Å². The first-order valence-electron chi connectivity index (χ1n) is 12.6. The number of alkyl halides is 2. The van der Waals surface area contributed by atoms with Crippen LogP contribution in [0, 0.1) is 11.7 Å². The van der Waals surface area contributed by atoms with Crippen molar-refractivity contribution in [2.24, 2.45) is 5.92 Å². The fourth-order valence-electron chi connectivity index (χ4n) is 4.88. The first-order chi connectivity index (χ1) is 18.8. The zero-order valence-corrected chi connectivity index (χ0v) is 22.9. The van der Waals surface area contributed by atoms with Gasteiger partial charge in [-0.2, -0.15) is 8.78 Å². The third-order valence-electron chi connectivity index (χ3n) is 7.20. The molecule has 0 atom stereocenters. The lowest BCUT2D eigenvalue weighted by molar-refractivity contribution is -0.107. The zero-order chi connectivity index (χ0) is 27.5. The lowest BCUT2D eigenvalue weighted by Crippen LogP contribution is -2.52. The quantitative estimate of drug-likeness (QED) is 0.307. The molecule has 39 heavy (non-hydrogen) atoms. The highest BCUT2D eigenvalue weighted by atomic mass is 79.9. The minimum Gasteiger partial charge on any atom is -0.415 e. The summed E-state index contributed by atoms with van der Waals surface area (Å²) in [5.41, 5.74) is 2.17. The van der Waals surface area contributed by atoms with E-state index in [2.05, 4.69) is 36.0 Å². The average Bonchev–Trinajstić information content (AvgIpc) is 3.40. The Labute approximate surface area is 232 Å². The molecule has 2 aromatic heterocycles. The number of ether oxygens (including phenoxy) is 1. The Morgan fingerprint density at radius 1 is 1.18 bits per heavy atom. The van der Waals surface area contributed by atoms with Crippen molar-refractivity contribution in [2.45, 2.75) is 31.9 Å². The van der Waals surface area contributed by atoms with Crippen molar-refractivity contribution in [3.05, 3.63) is 52.3 Å². The van der Waals surface area contributed by atoms with Gasteiger partial charge in [0.25, 0.3) is 5.89 Å². The number of hydrogen-bond acceptors (Lipinski definition) is 8. The SMILES string of the molecule is CN(Cc1ccc(-c2nnc(C(F)F)o2)cn1)c1cc(F)c(Br)cc1N(C=O)CC1CCN(C2COC2)CC1. The van der Waals surface area contributed by atoms with Crippen LogP contribution >= 0.6 is 15.9 Å². The molecule has 2 aliphatic heterocycles. The maximum atomic E-state index is 14.7. The van der Waals surface area contributed by atoms with Crippen LogP contribution in [0.1, 0.15) is 30.9 Å². The van der Waals surface area contributed by atoms with Gasteiger partial charge in [0.1, 0.15) is 5.82 Å². The number of rotatable bonds is 10. The third-order valence-corrected chi connectivity index (χ3v) is 7.81. The number of anilines is 2. The number of hydrogen-bond donors (Lipinski definition) is 0. The molecule has 13 heteroatoms. The van der Waals surface area contributed by atoms with E-state index in [0.29, 0.717) is 47.7 Å². The van der Waals surface area contributed by atoms with Gasteiger partial charge in [-0.3, -0.25) is 14.7 Å². The van der Waals surface area contributed by atoms with Crippen molar-refractivity contribution >= 4 is 33.7 Å². The van der Waals surface area contributed by atoms with Gasteiger partial charge in [-0.15, -0.1) is 10.2 Å². The minimum absolute atomic E-state index is 0.0524. The molecule has 2 saturated heterocycles. The fourth-order valence-corrected chi connectivity index (χ4v) is 5.22. The Hall–Kier alpha value is -3.03. The summed E-state index contributed by atoms with van der Waals surface area (Å²) in [6.45, 7) is 4.36. The van der Waals surface area contributed by atoms with Crippen LogP contribution in [0.15, 0.2) is 39.4 Å². The summed E-state index contributed by atoms with van der Waals surface area (Å²) in [5, 5.41) is 6.96. The van der Waals surface area contributed by atoms with Gasteiger partial charge in [-0.1, -0.05) is 0 Å². The number of aromatic nitrogens is 3. The van der Waals surface area contributed by atoms with Crippen molar-refractivity contribution in [3.63, 3.8) is 0 Å². The van der Waals surface area contributed by atoms with Gasteiger partial charge in [0.2, 0.25) is 12.3 Å². The summed E-state index contributed by atoms with van der Waals surface area (Å²) in [6.07, 6.45) is 1.35. The molecule has 0 unspecified atom stereocenters. The van der Waals surface area contributed by atoms with Crippen molar-refractivity contribution < 1.29 is 27.1 Å². The molecule has 0 bridgehead atoms. The highest BCUT2D eigenvalue weighted by molar-refractivity contribution is 9.10. The van der Waals surface area contributed by atoms with Crippen molar-refractivity contribution in [1.82, 2.24) is 20.1 Å². The normalized spacial score (nSPS) is 16.9. The molecule has 0 aliphatic carbocycles. The number of nitrogens with zero attached hydrogens (tertiary/aromatic N) is 6. The van der Waals surface area contributed by atoms with E-state index in [4.69, 9.17) is 9.15 Å². The molecule has 0 radical (unpaired) electrons. The summed E-state index contributed by atoms with van der Waals surface area (Å²) < 4.78 is 50.7. The van der Waals surface area contributed by atoms with E-state index >= 15 is 0 Å². The minimum atomic E-state index is -2.85. The van der Waals surface area contributed by atoms with Crippen LogP contribution in [0.4, 0.5) is 24.5 Å². The molecular formula is C26H28BrF3N6O3. The van der Waals surface area contributed by atoms with Crippen LogP contribution < -0.4 is 9.80 Å². The molecule has 0 N–H and O–H groups in total. The van der Waals surface area contributed by atoms with Gasteiger partial charge in [-0.25, -0.2) is 4.39 Å². The number of carbonyl (C=O) groups excluding carboxylic acids is 1. The van der Waals surface area contributed by atoms with Gasteiger partial charge in [-0.05, 0) is 66.0 Å². The van der Waals surface area contributed by atoms with Crippen molar-refractivity contribution in [1.29, 1.82) is 0 Å². The van der Waals surface area contributed by atoms with Gasteiger partial charge < -0.3 is 19.0 Å². The van der Waals surface area contributed by atoms with Crippen LogP contribution in [0.25, 0.3) is 11.5 Å². The van der Waals surface area contributed by atoms with Crippen LogP contribution in [0.3, 0.4) is 0 Å². The summed E-state index contributed by atoms with van der Waals surface area (Å²) in [4.78, 5) is 22.5. The molecule has 9 nitrogen and oxygen atoms in total. The number of carbonyl (C=O) groups is 1. The Kier molecular flexibility index (Phi) is 8.48. The molecule has 0 spiro atoms. The van der Waals surface area contributed by atoms with E-state index in [1.165, 1.54) is 12.3 Å². The first-order valence-corrected chi connectivity index (χ1v) is 13.4. The van der Waals surface area contributed by atoms with E-state index in [1.54, 1.807) is 30.1 Å². The molecule has 2 aliphatic rings. The number of piperidine rings is 1. The molecule has 208 valence electrons. The van der Waals surface area contributed by atoms with Crippen LogP contribution in [0.5, 0.6) is 0 Å².